The highest BCUT2D eigenvalue weighted by atomic mass is 16.3. The van der Waals surface area contributed by atoms with Crippen molar-refractivity contribution < 1.29 is 4.42 Å². The lowest BCUT2D eigenvalue weighted by Gasteiger charge is -2.08. The summed E-state index contributed by atoms with van der Waals surface area (Å²) in [5.74, 6) is 6.55. The molecule has 0 atom stereocenters. The van der Waals surface area contributed by atoms with Crippen LogP contribution in [0.5, 0.6) is 0 Å². The van der Waals surface area contributed by atoms with Crippen LogP contribution in [0, 0.1) is 0 Å². The molecular weight excluding hydrogens is 418 g/mol. The van der Waals surface area contributed by atoms with Crippen molar-refractivity contribution in [2.24, 2.45) is 0 Å². The van der Waals surface area contributed by atoms with Gasteiger partial charge in [0.15, 0.2) is 0 Å². The molecule has 160 valence electrons. The van der Waals surface area contributed by atoms with Gasteiger partial charge in [-0.3, -0.25) is 4.68 Å². The standard InChI is InChI=1S/C30H19N3O/c31-33-23-13-7-5-11-21(23)27-24(33)15-17-25-28(27)29-26(34-25)16-14-20-19-10-4-6-12-22(19)32(30(20)29)18-8-2-1-3-9-18/h1-17H,31H2. The van der Waals surface area contributed by atoms with Crippen molar-refractivity contribution in [2.45, 2.75) is 0 Å². The Morgan fingerprint density at radius 3 is 2.03 bits per heavy atom. The van der Waals surface area contributed by atoms with E-state index in [-0.39, 0.29) is 0 Å². The van der Waals surface area contributed by atoms with Gasteiger partial charge in [0.1, 0.15) is 11.2 Å². The Labute approximate surface area is 194 Å². The molecule has 0 bridgehead atoms. The Morgan fingerprint density at radius 1 is 0.500 bits per heavy atom. The zero-order chi connectivity index (χ0) is 22.4. The smallest absolute Gasteiger partial charge is 0.137 e. The number of para-hydroxylation sites is 3. The molecule has 34 heavy (non-hydrogen) atoms. The third kappa shape index (κ3) is 2.08. The number of nitrogen functional groups attached to an aromatic ring is 1. The fraction of sp³-hybridized carbons (Fsp3) is 0. The summed E-state index contributed by atoms with van der Waals surface area (Å²) in [5, 5.41) is 6.93. The Hall–Kier alpha value is -4.70. The number of hydrogen-bond acceptors (Lipinski definition) is 2. The molecule has 4 heteroatoms. The van der Waals surface area contributed by atoms with Crippen LogP contribution in [0.3, 0.4) is 0 Å². The quantitative estimate of drug-likeness (QED) is 0.270. The first-order chi connectivity index (χ1) is 16.8. The second kappa shape index (κ2) is 6.21. The number of nitrogens with two attached hydrogens (primary N) is 1. The number of hydrogen-bond donors (Lipinski definition) is 1. The maximum absolute atomic E-state index is 6.55. The maximum atomic E-state index is 6.55. The third-order valence-electron chi connectivity index (χ3n) is 7.12. The summed E-state index contributed by atoms with van der Waals surface area (Å²) >= 11 is 0. The van der Waals surface area contributed by atoms with E-state index in [1.807, 2.05) is 12.1 Å². The average Bonchev–Trinajstić information content (AvgIpc) is 3.52. The average molecular weight is 438 g/mol. The predicted molar refractivity (Wildman–Crippen MR) is 141 cm³/mol. The number of benzene rings is 5. The summed E-state index contributed by atoms with van der Waals surface area (Å²) in [6.07, 6.45) is 0. The first kappa shape index (κ1) is 17.8. The van der Waals surface area contributed by atoms with Gasteiger partial charge in [0.2, 0.25) is 0 Å². The minimum Gasteiger partial charge on any atom is -0.456 e. The first-order valence-electron chi connectivity index (χ1n) is 11.4. The predicted octanol–water partition coefficient (Wildman–Crippen LogP) is 7.50. The molecular formula is C30H19N3O. The molecule has 0 unspecified atom stereocenters. The molecule has 0 saturated heterocycles. The Bertz CT molecular complexity index is 2070. The fourth-order valence-electron chi connectivity index (χ4n) is 5.73. The van der Waals surface area contributed by atoms with Crippen LogP contribution in [-0.2, 0) is 0 Å². The zero-order valence-electron chi connectivity index (χ0n) is 18.2. The Balaban J connectivity index is 1.72. The Morgan fingerprint density at radius 2 is 1.18 bits per heavy atom. The summed E-state index contributed by atoms with van der Waals surface area (Å²) in [6.45, 7) is 0. The van der Waals surface area contributed by atoms with Crippen molar-refractivity contribution in [3.8, 4) is 5.69 Å². The molecule has 0 fully saturated rings. The molecule has 2 N–H and O–H groups in total. The number of aromatic nitrogens is 2. The van der Waals surface area contributed by atoms with E-state index in [4.69, 9.17) is 10.3 Å². The minimum atomic E-state index is 0.872. The summed E-state index contributed by atoms with van der Waals surface area (Å²) in [6, 6.07) is 35.9. The normalized spacial score (nSPS) is 12.2. The first-order valence-corrected chi connectivity index (χ1v) is 11.4. The molecule has 0 amide bonds. The van der Waals surface area contributed by atoms with E-state index in [0.717, 1.165) is 54.9 Å². The van der Waals surface area contributed by atoms with Crippen LogP contribution in [0.15, 0.2) is 108 Å². The van der Waals surface area contributed by atoms with Crippen LogP contribution in [0.1, 0.15) is 0 Å². The van der Waals surface area contributed by atoms with Crippen molar-refractivity contribution in [1.82, 2.24) is 9.24 Å². The van der Waals surface area contributed by atoms with Gasteiger partial charge in [-0.25, -0.2) is 0 Å². The molecule has 8 aromatic rings. The molecule has 3 heterocycles. The number of rotatable bonds is 1. The van der Waals surface area contributed by atoms with Crippen molar-refractivity contribution >= 4 is 65.6 Å². The zero-order valence-corrected chi connectivity index (χ0v) is 18.2. The van der Waals surface area contributed by atoms with Crippen molar-refractivity contribution in [1.29, 1.82) is 0 Å². The number of nitrogens with zero attached hydrogens (tertiary/aromatic N) is 2. The fourth-order valence-corrected chi connectivity index (χ4v) is 5.73. The van der Waals surface area contributed by atoms with Gasteiger partial charge >= 0.3 is 0 Å². The molecule has 0 spiro atoms. The van der Waals surface area contributed by atoms with Gasteiger partial charge in [-0.05, 0) is 48.5 Å². The maximum Gasteiger partial charge on any atom is 0.137 e. The van der Waals surface area contributed by atoms with Gasteiger partial charge in [-0.15, -0.1) is 0 Å². The van der Waals surface area contributed by atoms with E-state index in [1.54, 1.807) is 4.68 Å². The number of fused-ring (bicyclic) bond motifs is 11. The van der Waals surface area contributed by atoms with E-state index < -0.39 is 0 Å². The molecule has 0 aliphatic heterocycles. The summed E-state index contributed by atoms with van der Waals surface area (Å²) < 4.78 is 10.6. The SMILES string of the molecule is Nn1c2ccccc2c2c3c(ccc21)oc1ccc2c4ccccc4n(-c4ccccc4)c2c13. The number of furan rings is 1. The van der Waals surface area contributed by atoms with E-state index in [1.165, 1.54) is 16.3 Å². The molecule has 8 rings (SSSR count). The van der Waals surface area contributed by atoms with E-state index in [0.29, 0.717) is 0 Å². The second-order valence-electron chi connectivity index (χ2n) is 8.85. The summed E-state index contributed by atoms with van der Waals surface area (Å²) in [4.78, 5) is 0. The van der Waals surface area contributed by atoms with Crippen LogP contribution in [0.2, 0.25) is 0 Å². The lowest BCUT2D eigenvalue weighted by Crippen LogP contribution is -2.06. The Kier molecular flexibility index (Phi) is 3.25. The monoisotopic (exact) mass is 437 g/mol. The van der Waals surface area contributed by atoms with Crippen LogP contribution in [-0.4, -0.2) is 9.24 Å². The molecule has 3 aromatic heterocycles. The van der Waals surface area contributed by atoms with Gasteiger partial charge < -0.3 is 14.8 Å². The van der Waals surface area contributed by atoms with Gasteiger partial charge in [-0.1, -0.05) is 54.6 Å². The van der Waals surface area contributed by atoms with Crippen LogP contribution in [0.25, 0.3) is 71.2 Å². The van der Waals surface area contributed by atoms with Gasteiger partial charge in [-0.2, -0.15) is 0 Å². The van der Waals surface area contributed by atoms with E-state index in [9.17, 15) is 0 Å². The molecule has 0 radical (unpaired) electrons. The topological polar surface area (TPSA) is 49.0 Å². The minimum absolute atomic E-state index is 0.872. The molecule has 4 nitrogen and oxygen atoms in total. The van der Waals surface area contributed by atoms with E-state index in [2.05, 4.69) is 95.6 Å². The molecule has 0 aliphatic rings. The van der Waals surface area contributed by atoms with Crippen molar-refractivity contribution in [3.05, 3.63) is 103 Å². The molecule has 0 aliphatic carbocycles. The van der Waals surface area contributed by atoms with Crippen LogP contribution >= 0.6 is 0 Å². The van der Waals surface area contributed by atoms with Crippen LogP contribution in [0.4, 0.5) is 0 Å². The summed E-state index contributed by atoms with van der Waals surface area (Å²) in [5.41, 5.74) is 7.22. The van der Waals surface area contributed by atoms with Crippen LogP contribution < -0.4 is 5.84 Å². The van der Waals surface area contributed by atoms with Gasteiger partial charge in [0.05, 0.1) is 27.5 Å². The highest BCUT2D eigenvalue weighted by Crippen LogP contribution is 2.44. The molecule has 5 aromatic carbocycles. The second-order valence-corrected chi connectivity index (χ2v) is 8.85. The molecule has 0 saturated carbocycles. The largest absolute Gasteiger partial charge is 0.456 e. The lowest BCUT2D eigenvalue weighted by atomic mass is 10.0. The third-order valence-corrected chi connectivity index (χ3v) is 7.12. The van der Waals surface area contributed by atoms with Gasteiger partial charge in [0.25, 0.3) is 0 Å². The van der Waals surface area contributed by atoms with E-state index >= 15 is 0 Å². The summed E-state index contributed by atoms with van der Waals surface area (Å²) in [7, 11) is 0. The van der Waals surface area contributed by atoms with Crippen molar-refractivity contribution in [2.75, 3.05) is 5.84 Å². The highest BCUT2D eigenvalue weighted by molar-refractivity contribution is 6.33. The lowest BCUT2D eigenvalue weighted by molar-refractivity contribution is 0.669. The van der Waals surface area contributed by atoms with Crippen molar-refractivity contribution in [3.63, 3.8) is 0 Å². The van der Waals surface area contributed by atoms with Gasteiger partial charge in [0, 0.05) is 32.6 Å². The highest BCUT2D eigenvalue weighted by Gasteiger charge is 2.22.